The smallest absolute Gasteiger partial charge is 0.0528 e. The molecule has 1 N–H and O–H groups in total. The molecule has 2 heteroatoms. The first kappa shape index (κ1) is 11.8. The molecule has 0 aliphatic rings. The average molecular weight is 264 g/mol. The van der Waals surface area contributed by atoms with Crippen LogP contribution in [0.15, 0.2) is 65.3 Å². The van der Waals surface area contributed by atoms with Crippen LogP contribution >= 0.6 is 15.9 Å². The number of benzene rings is 1. The molecule has 0 radical (unpaired) electrons. The van der Waals surface area contributed by atoms with E-state index in [4.69, 9.17) is 0 Å². The largest absolute Gasteiger partial charge is 0.355 e. The van der Waals surface area contributed by atoms with E-state index in [9.17, 15) is 0 Å². The van der Waals surface area contributed by atoms with Crippen molar-refractivity contribution in [3.63, 3.8) is 0 Å². The number of anilines is 1. The van der Waals surface area contributed by atoms with Crippen LogP contribution in [0.2, 0.25) is 0 Å². The molecule has 0 heterocycles. The van der Waals surface area contributed by atoms with Gasteiger partial charge < -0.3 is 5.32 Å². The van der Waals surface area contributed by atoms with Crippen molar-refractivity contribution >= 4 is 21.6 Å². The second kappa shape index (κ2) is 6.25. The highest BCUT2D eigenvalue weighted by Gasteiger charge is 1.97. The van der Waals surface area contributed by atoms with E-state index in [2.05, 4.69) is 27.8 Å². The zero-order valence-electron chi connectivity index (χ0n) is 8.70. The Hall–Kier alpha value is -1.28. The first-order valence-corrected chi connectivity index (χ1v) is 5.54. The third-order valence-corrected chi connectivity index (χ3v) is 2.49. The van der Waals surface area contributed by atoms with Gasteiger partial charge in [0.15, 0.2) is 0 Å². The van der Waals surface area contributed by atoms with Gasteiger partial charge in [0.25, 0.3) is 0 Å². The van der Waals surface area contributed by atoms with E-state index in [1.54, 1.807) is 6.08 Å². The zero-order chi connectivity index (χ0) is 11.1. The summed E-state index contributed by atoms with van der Waals surface area (Å²) in [5.41, 5.74) is 2.06. The van der Waals surface area contributed by atoms with Crippen LogP contribution in [0.5, 0.6) is 0 Å². The summed E-state index contributed by atoms with van der Waals surface area (Å²) < 4.78 is 1.05. The molecular weight excluding hydrogens is 250 g/mol. The van der Waals surface area contributed by atoms with Gasteiger partial charge in [0, 0.05) is 10.2 Å². The van der Waals surface area contributed by atoms with Crippen molar-refractivity contribution < 1.29 is 0 Å². The molecule has 0 aromatic heterocycles. The molecular formula is C13H14BrN. The summed E-state index contributed by atoms with van der Waals surface area (Å²) in [5, 5.41) is 3.31. The molecule has 1 aromatic carbocycles. The molecule has 1 nitrogen and oxygen atoms in total. The third kappa shape index (κ3) is 3.76. The van der Waals surface area contributed by atoms with Gasteiger partial charge in [-0.15, -0.1) is 0 Å². The number of halogens is 1. The monoisotopic (exact) mass is 263 g/mol. The number of rotatable bonds is 4. The van der Waals surface area contributed by atoms with Crippen LogP contribution in [0.3, 0.4) is 0 Å². The quantitative estimate of drug-likeness (QED) is 0.789. The van der Waals surface area contributed by atoms with Crippen LogP contribution in [0, 0.1) is 0 Å². The van der Waals surface area contributed by atoms with Crippen LogP contribution in [0.1, 0.15) is 6.92 Å². The second-order valence-electron chi connectivity index (χ2n) is 2.96. The first-order valence-electron chi connectivity index (χ1n) is 4.75. The van der Waals surface area contributed by atoms with Gasteiger partial charge in [-0.3, -0.25) is 0 Å². The van der Waals surface area contributed by atoms with Gasteiger partial charge in [0.1, 0.15) is 0 Å². The maximum absolute atomic E-state index is 3.68. The Labute approximate surface area is 99.3 Å². The molecule has 1 rings (SSSR count). The third-order valence-electron chi connectivity index (χ3n) is 1.80. The molecule has 0 atom stereocenters. The predicted octanol–water partition coefficient (Wildman–Crippen LogP) is 4.51. The SMILES string of the molecule is C=C/C=C(\C=C/C)Nc1ccccc1Br. The van der Waals surface area contributed by atoms with Crippen molar-refractivity contribution in [3.05, 3.63) is 65.3 Å². The number of para-hydroxylation sites is 1. The summed E-state index contributed by atoms with van der Waals surface area (Å²) in [4.78, 5) is 0. The van der Waals surface area contributed by atoms with Crippen LogP contribution < -0.4 is 5.32 Å². The summed E-state index contributed by atoms with van der Waals surface area (Å²) in [6.07, 6.45) is 7.68. The minimum Gasteiger partial charge on any atom is -0.355 e. The standard InChI is InChI=1S/C13H14BrN/c1-3-7-11(8-4-2)15-13-10-6-5-9-12(13)14/h3-10,15H,1H2,2H3/b8-4-,11-7+. The lowest BCUT2D eigenvalue weighted by Gasteiger charge is -2.08. The lowest BCUT2D eigenvalue weighted by Crippen LogP contribution is -1.96. The minimum atomic E-state index is 1.01. The molecule has 0 aliphatic carbocycles. The summed E-state index contributed by atoms with van der Waals surface area (Å²) >= 11 is 3.49. The molecule has 0 unspecified atom stereocenters. The van der Waals surface area contributed by atoms with Crippen molar-refractivity contribution in [1.82, 2.24) is 0 Å². The van der Waals surface area contributed by atoms with E-state index < -0.39 is 0 Å². The molecule has 1 aromatic rings. The van der Waals surface area contributed by atoms with Crippen LogP contribution in [-0.4, -0.2) is 0 Å². The number of nitrogens with one attached hydrogen (secondary N) is 1. The van der Waals surface area contributed by atoms with Gasteiger partial charge in [0.05, 0.1) is 5.69 Å². The van der Waals surface area contributed by atoms with E-state index in [0.29, 0.717) is 0 Å². The van der Waals surface area contributed by atoms with Crippen molar-refractivity contribution in [1.29, 1.82) is 0 Å². The van der Waals surface area contributed by atoms with Gasteiger partial charge in [-0.1, -0.05) is 30.9 Å². The summed E-state index contributed by atoms with van der Waals surface area (Å²) in [6.45, 7) is 5.67. The van der Waals surface area contributed by atoms with Crippen molar-refractivity contribution in [3.8, 4) is 0 Å². The Kier molecular flexibility index (Phi) is 4.91. The number of allylic oxidation sites excluding steroid dienone is 4. The lowest BCUT2D eigenvalue weighted by molar-refractivity contribution is 1.45. The highest BCUT2D eigenvalue weighted by molar-refractivity contribution is 9.10. The highest BCUT2D eigenvalue weighted by Crippen LogP contribution is 2.22. The summed E-state index contributed by atoms with van der Waals surface area (Å²) in [7, 11) is 0. The molecule has 78 valence electrons. The fraction of sp³-hybridized carbons (Fsp3) is 0.0769. The molecule has 0 amide bonds. The normalized spacial score (nSPS) is 11.7. The Morgan fingerprint density at radius 1 is 1.40 bits per heavy atom. The van der Waals surface area contributed by atoms with Crippen LogP contribution in [0.4, 0.5) is 5.69 Å². The summed E-state index contributed by atoms with van der Waals surface area (Å²) in [6, 6.07) is 8.00. The second-order valence-corrected chi connectivity index (χ2v) is 3.82. The van der Waals surface area contributed by atoms with Gasteiger partial charge in [0.2, 0.25) is 0 Å². The fourth-order valence-corrected chi connectivity index (χ4v) is 1.55. The Morgan fingerprint density at radius 2 is 2.13 bits per heavy atom. The minimum absolute atomic E-state index is 1.01. The number of hydrogen-bond acceptors (Lipinski definition) is 1. The first-order chi connectivity index (χ1) is 7.27. The van der Waals surface area contributed by atoms with Gasteiger partial charge in [-0.25, -0.2) is 0 Å². The zero-order valence-corrected chi connectivity index (χ0v) is 10.3. The van der Waals surface area contributed by atoms with E-state index in [-0.39, 0.29) is 0 Å². The molecule has 0 fully saturated rings. The maximum Gasteiger partial charge on any atom is 0.0528 e. The molecule has 0 spiro atoms. The van der Waals surface area contributed by atoms with E-state index in [1.165, 1.54) is 0 Å². The molecule has 0 aliphatic heterocycles. The van der Waals surface area contributed by atoms with E-state index in [0.717, 1.165) is 15.9 Å². The molecule has 15 heavy (non-hydrogen) atoms. The Bertz CT molecular complexity index is 391. The molecule has 0 saturated carbocycles. The van der Waals surface area contributed by atoms with Gasteiger partial charge in [-0.05, 0) is 47.1 Å². The highest BCUT2D eigenvalue weighted by atomic mass is 79.9. The van der Waals surface area contributed by atoms with E-state index >= 15 is 0 Å². The van der Waals surface area contributed by atoms with Crippen LogP contribution in [-0.2, 0) is 0 Å². The molecule has 0 saturated heterocycles. The van der Waals surface area contributed by atoms with Gasteiger partial charge in [-0.2, -0.15) is 0 Å². The summed E-state index contributed by atoms with van der Waals surface area (Å²) in [5.74, 6) is 0. The number of hydrogen-bond donors (Lipinski definition) is 1. The van der Waals surface area contributed by atoms with E-state index in [1.807, 2.05) is 49.4 Å². The van der Waals surface area contributed by atoms with Gasteiger partial charge >= 0.3 is 0 Å². The van der Waals surface area contributed by atoms with Crippen LogP contribution in [0.25, 0.3) is 0 Å². The predicted molar refractivity (Wildman–Crippen MR) is 70.9 cm³/mol. The average Bonchev–Trinajstić information content (AvgIpc) is 2.22. The topological polar surface area (TPSA) is 12.0 Å². The maximum atomic E-state index is 3.68. The Balaban J connectivity index is 2.88. The molecule has 0 bridgehead atoms. The Morgan fingerprint density at radius 3 is 2.73 bits per heavy atom. The fourth-order valence-electron chi connectivity index (χ4n) is 1.16. The van der Waals surface area contributed by atoms with Crippen molar-refractivity contribution in [2.24, 2.45) is 0 Å². The van der Waals surface area contributed by atoms with Crippen molar-refractivity contribution in [2.45, 2.75) is 6.92 Å². The van der Waals surface area contributed by atoms with Crippen molar-refractivity contribution in [2.75, 3.05) is 5.32 Å². The lowest BCUT2D eigenvalue weighted by atomic mass is 10.3.